The Morgan fingerprint density at radius 3 is 2.75 bits per heavy atom. The van der Waals surface area contributed by atoms with Gasteiger partial charge in [-0.2, -0.15) is 0 Å². The lowest BCUT2D eigenvalue weighted by atomic mass is 9.78. The molecule has 2 rings (SSSR count). The van der Waals surface area contributed by atoms with E-state index in [0.29, 0.717) is 6.04 Å². The fourth-order valence-corrected chi connectivity index (χ4v) is 3.43. The van der Waals surface area contributed by atoms with Crippen LogP contribution in [0.2, 0.25) is 0 Å². The monoisotopic (exact) mass is 275 g/mol. The largest absolute Gasteiger partial charge is 0.494 e. The Balaban J connectivity index is 1.79. The minimum absolute atomic E-state index is 0.617. The molecular formula is C18H29NO. The third-order valence-corrected chi connectivity index (χ3v) is 4.45. The summed E-state index contributed by atoms with van der Waals surface area (Å²) in [6.07, 6.45) is 6.68. The van der Waals surface area contributed by atoms with Crippen molar-refractivity contribution in [3.63, 3.8) is 0 Å². The second-order valence-electron chi connectivity index (χ2n) is 6.15. The van der Waals surface area contributed by atoms with Gasteiger partial charge in [0.1, 0.15) is 5.75 Å². The predicted octanol–water partition coefficient (Wildman–Crippen LogP) is 4.26. The van der Waals surface area contributed by atoms with Gasteiger partial charge in [-0.1, -0.05) is 44.9 Å². The van der Waals surface area contributed by atoms with E-state index in [1.54, 1.807) is 0 Å². The highest BCUT2D eigenvalue weighted by Crippen LogP contribution is 2.31. The van der Waals surface area contributed by atoms with Crippen LogP contribution < -0.4 is 10.1 Å². The molecule has 1 aromatic carbocycles. The van der Waals surface area contributed by atoms with E-state index in [0.717, 1.165) is 37.2 Å². The molecule has 3 unspecified atom stereocenters. The molecule has 1 aromatic rings. The third kappa shape index (κ3) is 4.82. The molecule has 0 spiro atoms. The average Bonchev–Trinajstić information content (AvgIpc) is 2.47. The van der Waals surface area contributed by atoms with Crippen LogP contribution in [-0.2, 0) is 0 Å². The number of para-hydroxylation sites is 1. The first-order valence-electron chi connectivity index (χ1n) is 8.20. The van der Waals surface area contributed by atoms with Crippen molar-refractivity contribution in [2.75, 3.05) is 13.2 Å². The maximum atomic E-state index is 5.86. The second kappa shape index (κ2) is 8.31. The van der Waals surface area contributed by atoms with Crippen LogP contribution in [0.1, 0.15) is 46.0 Å². The number of nitrogens with one attached hydrogen (secondary N) is 1. The van der Waals surface area contributed by atoms with E-state index >= 15 is 0 Å². The van der Waals surface area contributed by atoms with Crippen molar-refractivity contribution in [1.29, 1.82) is 0 Å². The molecule has 2 nitrogen and oxygen atoms in total. The van der Waals surface area contributed by atoms with Gasteiger partial charge in [-0.05, 0) is 49.8 Å². The summed E-state index contributed by atoms with van der Waals surface area (Å²) >= 11 is 0. The van der Waals surface area contributed by atoms with Gasteiger partial charge in [-0.3, -0.25) is 0 Å². The Morgan fingerprint density at radius 1 is 1.25 bits per heavy atom. The van der Waals surface area contributed by atoms with Gasteiger partial charge in [0.05, 0.1) is 6.61 Å². The Bertz CT molecular complexity index is 365. The molecule has 20 heavy (non-hydrogen) atoms. The lowest BCUT2D eigenvalue weighted by Gasteiger charge is -2.33. The smallest absolute Gasteiger partial charge is 0.119 e. The van der Waals surface area contributed by atoms with Gasteiger partial charge in [0.15, 0.2) is 0 Å². The van der Waals surface area contributed by atoms with Gasteiger partial charge in [-0.15, -0.1) is 0 Å². The summed E-state index contributed by atoms with van der Waals surface area (Å²) in [6.45, 7) is 6.47. The van der Waals surface area contributed by atoms with Crippen LogP contribution in [0.4, 0.5) is 0 Å². The average molecular weight is 275 g/mol. The van der Waals surface area contributed by atoms with Crippen LogP contribution in [0.5, 0.6) is 5.75 Å². The summed E-state index contributed by atoms with van der Waals surface area (Å²) in [4.78, 5) is 0. The van der Waals surface area contributed by atoms with Crippen LogP contribution in [0.25, 0.3) is 0 Å². The van der Waals surface area contributed by atoms with Gasteiger partial charge in [0.25, 0.3) is 0 Å². The van der Waals surface area contributed by atoms with Gasteiger partial charge in [-0.25, -0.2) is 0 Å². The molecule has 112 valence electrons. The van der Waals surface area contributed by atoms with Gasteiger partial charge < -0.3 is 10.1 Å². The maximum absolute atomic E-state index is 5.86. The van der Waals surface area contributed by atoms with Crippen molar-refractivity contribution in [2.24, 2.45) is 11.8 Å². The lowest BCUT2D eigenvalue weighted by Crippen LogP contribution is -2.39. The van der Waals surface area contributed by atoms with Crippen LogP contribution in [0, 0.1) is 11.8 Å². The first-order valence-corrected chi connectivity index (χ1v) is 8.20. The Hall–Kier alpha value is -1.02. The zero-order chi connectivity index (χ0) is 14.2. The van der Waals surface area contributed by atoms with Crippen molar-refractivity contribution in [2.45, 2.75) is 52.0 Å². The molecule has 0 aliphatic heterocycles. The summed E-state index contributed by atoms with van der Waals surface area (Å²) in [7, 11) is 0. The molecule has 2 heteroatoms. The Labute approximate surface area is 123 Å². The van der Waals surface area contributed by atoms with Crippen molar-refractivity contribution in [1.82, 2.24) is 5.32 Å². The number of benzene rings is 1. The summed E-state index contributed by atoms with van der Waals surface area (Å²) in [6, 6.07) is 10.8. The first-order chi connectivity index (χ1) is 9.79. The summed E-state index contributed by atoms with van der Waals surface area (Å²) in [5.74, 6) is 2.71. The quantitative estimate of drug-likeness (QED) is 0.803. The highest BCUT2D eigenvalue weighted by atomic mass is 16.5. The van der Waals surface area contributed by atoms with Gasteiger partial charge in [0, 0.05) is 6.04 Å². The SMILES string of the molecule is CCNC(CCOc1ccccc1)C1CCCC(C)C1. The normalized spacial score (nSPS) is 24.3. The van der Waals surface area contributed by atoms with E-state index in [1.165, 1.54) is 25.7 Å². The summed E-state index contributed by atoms with van der Waals surface area (Å²) < 4.78 is 5.86. The van der Waals surface area contributed by atoms with Crippen molar-refractivity contribution < 1.29 is 4.74 Å². The fraction of sp³-hybridized carbons (Fsp3) is 0.667. The Morgan fingerprint density at radius 2 is 2.05 bits per heavy atom. The van der Waals surface area contributed by atoms with E-state index in [9.17, 15) is 0 Å². The van der Waals surface area contributed by atoms with Gasteiger partial charge >= 0.3 is 0 Å². The minimum atomic E-state index is 0.617. The summed E-state index contributed by atoms with van der Waals surface area (Å²) in [5, 5.41) is 3.68. The minimum Gasteiger partial charge on any atom is -0.494 e. The van der Waals surface area contributed by atoms with Crippen molar-refractivity contribution in [3.05, 3.63) is 30.3 Å². The highest BCUT2D eigenvalue weighted by Gasteiger charge is 2.25. The molecule has 0 amide bonds. The topological polar surface area (TPSA) is 21.3 Å². The Kier molecular flexibility index (Phi) is 6.38. The number of hydrogen-bond donors (Lipinski definition) is 1. The highest BCUT2D eigenvalue weighted by molar-refractivity contribution is 5.20. The number of hydrogen-bond acceptors (Lipinski definition) is 2. The van der Waals surface area contributed by atoms with E-state index in [-0.39, 0.29) is 0 Å². The third-order valence-electron chi connectivity index (χ3n) is 4.45. The molecule has 0 aromatic heterocycles. The maximum Gasteiger partial charge on any atom is 0.119 e. The van der Waals surface area contributed by atoms with Crippen LogP contribution in [0.15, 0.2) is 30.3 Å². The van der Waals surface area contributed by atoms with E-state index in [4.69, 9.17) is 4.74 Å². The van der Waals surface area contributed by atoms with E-state index in [1.807, 2.05) is 30.3 Å². The van der Waals surface area contributed by atoms with Crippen LogP contribution >= 0.6 is 0 Å². The van der Waals surface area contributed by atoms with E-state index < -0.39 is 0 Å². The van der Waals surface area contributed by atoms with Crippen molar-refractivity contribution in [3.8, 4) is 5.75 Å². The van der Waals surface area contributed by atoms with E-state index in [2.05, 4.69) is 19.2 Å². The zero-order valence-corrected chi connectivity index (χ0v) is 13.0. The fourth-order valence-electron chi connectivity index (χ4n) is 3.43. The first kappa shape index (κ1) is 15.4. The predicted molar refractivity (Wildman–Crippen MR) is 85.1 cm³/mol. The second-order valence-corrected chi connectivity index (χ2v) is 6.15. The number of ether oxygens (including phenoxy) is 1. The molecule has 0 bridgehead atoms. The molecule has 1 aliphatic rings. The molecule has 1 N–H and O–H groups in total. The molecule has 0 saturated heterocycles. The van der Waals surface area contributed by atoms with Crippen LogP contribution in [0.3, 0.4) is 0 Å². The lowest BCUT2D eigenvalue weighted by molar-refractivity contribution is 0.192. The molecular weight excluding hydrogens is 246 g/mol. The molecule has 1 saturated carbocycles. The molecule has 3 atom stereocenters. The molecule has 1 fully saturated rings. The van der Waals surface area contributed by atoms with Crippen LogP contribution in [-0.4, -0.2) is 19.2 Å². The zero-order valence-electron chi connectivity index (χ0n) is 13.0. The standard InChI is InChI=1S/C18H29NO/c1-3-19-18(16-9-7-8-15(2)14-16)12-13-20-17-10-5-4-6-11-17/h4-6,10-11,15-16,18-19H,3,7-9,12-14H2,1-2H3. The number of rotatable bonds is 7. The summed E-state index contributed by atoms with van der Waals surface area (Å²) in [5.41, 5.74) is 0. The molecule has 1 aliphatic carbocycles. The molecule has 0 heterocycles. The van der Waals surface area contributed by atoms with Gasteiger partial charge in [0.2, 0.25) is 0 Å². The van der Waals surface area contributed by atoms with Crippen molar-refractivity contribution >= 4 is 0 Å². The molecule has 0 radical (unpaired) electrons.